The average molecular weight is 235 g/mol. The molecule has 1 fully saturated rings. The molecular weight excluding hydrogens is 218 g/mol. The lowest BCUT2D eigenvalue weighted by Gasteiger charge is -2.09. The van der Waals surface area contributed by atoms with E-state index in [1.54, 1.807) is 7.11 Å². The maximum absolute atomic E-state index is 11.8. The largest absolute Gasteiger partial charge is 0.461 e. The number of rotatable bonds is 4. The van der Waals surface area contributed by atoms with E-state index in [1.807, 2.05) is 30.3 Å². The summed E-state index contributed by atoms with van der Waals surface area (Å²) in [4.78, 5) is 11.8. The van der Waals surface area contributed by atoms with Gasteiger partial charge in [-0.25, -0.2) is 0 Å². The molecule has 1 saturated heterocycles. The van der Waals surface area contributed by atoms with Crippen LogP contribution in [0.2, 0.25) is 0 Å². The van der Waals surface area contributed by atoms with Crippen LogP contribution in [0.5, 0.6) is 0 Å². The van der Waals surface area contributed by atoms with Crippen LogP contribution >= 0.6 is 0 Å². The summed E-state index contributed by atoms with van der Waals surface area (Å²) < 4.78 is 10.4. The van der Waals surface area contributed by atoms with Crippen molar-refractivity contribution in [3.8, 4) is 0 Å². The summed E-state index contributed by atoms with van der Waals surface area (Å²) in [6.07, 6.45) is 0.661. The van der Waals surface area contributed by atoms with E-state index in [1.165, 1.54) is 0 Å². The van der Waals surface area contributed by atoms with Crippen molar-refractivity contribution in [2.24, 2.45) is 5.92 Å². The van der Waals surface area contributed by atoms with Gasteiger partial charge in [0.1, 0.15) is 12.8 Å². The minimum Gasteiger partial charge on any atom is -0.461 e. The fourth-order valence-corrected chi connectivity index (χ4v) is 1.90. The third kappa shape index (κ3) is 3.28. The quantitative estimate of drug-likeness (QED) is 0.799. The van der Waals surface area contributed by atoms with Gasteiger partial charge < -0.3 is 9.47 Å². The van der Waals surface area contributed by atoms with Gasteiger partial charge in [0.2, 0.25) is 0 Å². The van der Waals surface area contributed by atoms with Crippen molar-refractivity contribution in [3.05, 3.63) is 35.9 Å². The summed E-state index contributed by atoms with van der Waals surface area (Å²) in [5, 5.41) is 3.11. The second kappa shape index (κ2) is 5.80. The zero-order valence-corrected chi connectivity index (χ0v) is 9.89. The maximum atomic E-state index is 11.8. The Labute approximate surface area is 101 Å². The zero-order chi connectivity index (χ0) is 12.1. The Morgan fingerprint density at radius 2 is 2.18 bits per heavy atom. The van der Waals surface area contributed by atoms with Crippen LogP contribution < -0.4 is 5.32 Å². The van der Waals surface area contributed by atoms with E-state index in [0.29, 0.717) is 19.6 Å². The molecule has 0 bridgehead atoms. The predicted octanol–water partition coefficient (Wildman–Crippen LogP) is 1.31. The molecular formula is C13H17NO3. The lowest BCUT2D eigenvalue weighted by molar-refractivity contribution is -0.149. The molecule has 92 valence electrons. The molecule has 2 rings (SSSR count). The van der Waals surface area contributed by atoms with Gasteiger partial charge in [-0.05, 0) is 5.56 Å². The first-order valence-electron chi connectivity index (χ1n) is 5.76. The van der Waals surface area contributed by atoms with E-state index in [0.717, 1.165) is 5.56 Å². The highest BCUT2D eigenvalue weighted by molar-refractivity contribution is 5.73. The Morgan fingerprint density at radius 3 is 2.82 bits per heavy atom. The highest BCUT2D eigenvalue weighted by Gasteiger charge is 2.30. The number of benzene rings is 1. The molecule has 0 radical (unpaired) electrons. The van der Waals surface area contributed by atoms with Crippen LogP contribution in [-0.4, -0.2) is 25.9 Å². The first-order chi connectivity index (χ1) is 8.29. The van der Waals surface area contributed by atoms with Crippen molar-refractivity contribution in [1.82, 2.24) is 5.32 Å². The summed E-state index contributed by atoms with van der Waals surface area (Å²) in [7, 11) is 1.63. The normalized spacial score (nSPS) is 23.6. The van der Waals surface area contributed by atoms with E-state index < -0.39 is 0 Å². The number of methoxy groups -OCH3 is 1. The number of esters is 1. The van der Waals surface area contributed by atoms with Gasteiger partial charge in [-0.1, -0.05) is 30.3 Å². The van der Waals surface area contributed by atoms with Crippen molar-refractivity contribution in [2.75, 3.05) is 13.7 Å². The van der Waals surface area contributed by atoms with Crippen LogP contribution in [0.4, 0.5) is 0 Å². The monoisotopic (exact) mass is 235 g/mol. The third-order valence-electron chi connectivity index (χ3n) is 2.93. The Hall–Kier alpha value is -1.39. The van der Waals surface area contributed by atoms with Crippen LogP contribution in [0.1, 0.15) is 12.0 Å². The van der Waals surface area contributed by atoms with Crippen molar-refractivity contribution >= 4 is 5.97 Å². The average Bonchev–Trinajstić information content (AvgIpc) is 2.86. The summed E-state index contributed by atoms with van der Waals surface area (Å²) >= 11 is 0. The fourth-order valence-electron chi connectivity index (χ4n) is 1.90. The smallest absolute Gasteiger partial charge is 0.310 e. The van der Waals surface area contributed by atoms with Crippen LogP contribution in [0, 0.1) is 5.92 Å². The Kier molecular flexibility index (Phi) is 4.12. The van der Waals surface area contributed by atoms with E-state index in [-0.39, 0.29) is 18.1 Å². The third-order valence-corrected chi connectivity index (χ3v) is 2.93. The van der Waals surface area contributed by atoms with E-state index in [2.05, 4.69) is 5.32 Å². The van der Waals surface area contributed by atoms with Crippen molar-refractivity contribution in [2.45, 2.75) is 19.3 Å². The van der Waals surface area contributed by atoms with Crippen molar-refractivity contribution < 1.29 is 14.3 Å². The molecule has 17 heavy (non-hydrogen) atoms. The van der Waals surface area contributed by atoms with Crippen LogP contribution in [0.15, 0.2) is 30.3 Å². The molecule has 4 nitrogen and oxygen atoms in total. The van der Waals surface area contributed by atoms with E-state index >= 15 is 0 Å². The van der Waals surface area contributed by atoms with Crippen LogP contribution in [0.3, 0.4) is 0 Å². The molecule has 1 heterocycles. The van der Waals surface area contributed by atoms with Gasteiger partial charge in [0.25, 0.3) is 0 Å². The molecule has 1 aliphatic heterocycles. The number of hydrogen-bond acceptors (Lipinski definition) is 4. The molecule has 0 spiro atoms. The van der Waals surface area contributed by atoms with Gasteiger partial charge in [0, 0.05) is 20.1 Å². The minimum absolute atomic E-state index is 0.0238. The van der Waals surface area contributed by atoms with Crippen LogP contribution in [-0.2, 0) is 20.9 Å². The van der Waals surface area contributed by atoms with Crippen molar-refractivity contribution in [1.29, 1.82) is 0 Å². The molecule has 0 aromatic heterocycles. The Morgan fingerprint density at radius 1 is 1.41 bits per heavy atom. The molecule has 4 heteroatoms. The molecule has 1 unspecified atom stereocenters. The van der Waals surface area contributed by atoms with Gasteiger partial charge in [0.05, 0.1) is 5.92 Å². The van der Waals surface area contributed by atoms with E-state index in [9.17, 15) is 4.79 Å². The number of carbonyl (C=O) groups is 1. The van der Waals surface area contributed by atoms with Gasteiger partial charge in [-0.2, -0.15) is 0 Å². The number of ether oxygens (including phenoxy) is 2. The number of carbonyl (C=O) groups excluding carboxylic acids is 1. The second-order valence-electron chi connectivity index (χ2n) is 4.16. The molecule has 1 aromatic carbocycles. The summed E-state index contributed by atoms with van der Waals surface area (Å²) in [6, 6.07) is 9.69. The first kappa shape index (κ1) is 12.1. The summed E-state index contributed by atoms with van der Waals surface area (Å²) in [5.41, 5.74) is 1.01. The van der Waals surface area contributed by atoms with E-state index in [4.69, 9.17) is 9.47 Å². The SMILES string of the molecule is COC1C[C@H](C(=O)OCc2ccccc2)CN1. The Bertz CT molecular complexity index is 366. The molecule has 1 N–H and O–H groups in total. The minimum atomic E-state index is -0.152. The van der Waals surface area contributed by atoms with Gasteiger partial charge in [0.15, 0.2) is 0 Å². The molecule has 1 aliphatic rings. The first-order valence-corrected chi connectivity index (χ1v) is 5.76. The molecule has 2 atom stereocenters. The maximum Gasteiger partial charge on any atom is 0.310 e. The van der Waals surface area contributed by atoms with Crippen LogP contribution in [0.25, 0.3) is 0 Å². The molecule has 0 aliphatic carbocycles. The lowest BCUT2D eigenvalue weighted by atomic mass is 10.1. The van der Waals surface area contributed by atoms with Gasteiger partial charge >= 0.3 is 5.97 Å². The summed E-state index contributed by atoms with van der Waals surface area (Å²) in [6.45, 7) is 0.972. The lowest BCUT2D eigenvalue weighted by Crippen LogP contribution is -2.23. The fraction of sp³-hybridized carbons (Fsp3) is 0.462. The highest BCUT2D eigenvalue weighted by atomic mass is 16.5. The number of hydrogen-bond donors (Lipinski definition) is 1. The summed E-state index contributed by atoms with van der Waals surface area (Å²) in [5.74, 6) is -0.246. The van der Waals surface area contributed by atoms with Gasteiger partial charge in [-0.15, -0.1) is 0 Å². The topological polar surface area (TPSA) is 47.6 Å². The molecule has 0 saturated carbocycles. The standard InChI is InChI=1S/C13H17NO3/c1-16-12-7-11(8-14-12)13(15)17-9-10-5-3-2-4-6-10/h2-6,11-12,14H,7-9H2,1H3/t11-,12?/m0/s1. The molecule has 0 amide bonds. The molecule has 1 aromatic rings. The Balaban J connectivity index is 1.78. The highest BCUT2D eigenvalue weighted by Crippen LogP contribution is 2.16. The number of nitrogens with one attached hydrogen (secondary N) is 1. The predicted molar refractivity (Wildman–Crippen MR) is 63.1 cm³/mol. The zero-order valence-electron chi connectivity index (χ0n) is 9.89. The van der Waals surface area contributed by atoms with Gasteiger partial charge in [-0.3, -0.25) is 10.1 Å². The van der Waals surface area contributed by atoms with Crippen molar-refractivity contribution in [3.63, 3.8) is 0 Å². The second-order valence-corrected chi connectivity index (χ2v) is 4.16.